The highest BCUT2D eigenvalue weighted by molar-refractivity contribution is 5.66. The molecule has 1 aliphatic heterocycles. The van der Waals surface area contributed by atoms with Crippen LogP contribution < -0.4 is 0 Å². The smallest absolute Gasteiger partial charge is 0.303 e. The van der Waals surface area contributed by atoms with Gasteiger partial charge in [0.25, 0.3) is 0 Å². The van der Waals surface area contributed by atoms with Gasteiger partial charge in [-0.2, -0.15) is 0 Å². The second-order valence-electron chi connectivity index (χ2n) is 4.55. The zero-order valence-corrected chi connectivity index (χ0v) is 11.5. The molecular weight excluding hydrogens is 268 g/mol. The Morgan fingerprint density at radius 1 is 1.30 bits per heavy atom. The Kier molecular flexibility index (Phi) is 6.63. The van der Waals surface area contributed by atoms with Crippen LogP contribution in [0.4, 0.5) is 0 Å². The molecule has 0 aliphatic carbocycles. The number of carbonyl (C=O) groups is 2. The number of ether oxygens (including phenoxy) is 3. The van der Waals surface area contributed by atoms with Gasteiger partial charge in [0.15, 0.2) is 0 Å². The summed E-state index contributed by atoms with van der Waals surface area (Å²) >= 11 is 0. The summed E-state index contributed by atoms with van der Waals surface area (Å²) in [7, 11) is 0. The van der Waals surface area contributed by atoms with Gasteiger partial charge in [-0.15, -0.1) is 0 Å². The van der Waals surface area contributed by atoms with Crippen molar-refractivity contribution in [1.29, 1.82) is 0 Å². The van der Waals surface area contributed by atoms with E-state index in [2.05, 4.69) is 0 Å². The van der Waals surface area contributed by atoms with Crippen LogP contribution in [-0.2, 0) is 23.8 Å². The normalized spacial score (nSPS) is 26.9. The molecular formula is C13H20O7. The Morgan fingerprint density at radius 2 is 2.00 bits per heavy atom. The van der Waals surface area contributed by atoms with Crippen molar-refractivity contribution in [2.75, 3.05) is 13.2 Å². The molecule has 4 atom stereocenters. The highest BCUT2D eigenvalue weighted by atomic mass is 16.6. The molecule has 0 radical (unpaired) electrons. The van der Waals surface area contributed by atoms with Crippen LogP contribution in [-0.4, -0.2) is 59.8 Å². The number of hydrogen-bond donors (Lipinski definition) is 2. The Balaban J connectivity index is 2.65. The standard InChI is InChI=1S/C13H20O7/c1-8(15)18-7-13-12(19-9(2)16)4-3-11(20-13)5-10(17)6-14/h3-4,10-14,17H,5-7H2,1-2H3/t10?,11-,12-,13+/m0/s1. The first kappa shape index (κ1) is 16.6. The minimum absolute atomic E-state index is 0.0522. The van der Waals surface area contributed by atoms with Gasteiger partial charge in [-0.1, -0.05) is 6.08 Å². The monoisotopic (exact) mass is 288 g/mol. The van der Waals surface area contributed by atoms with Crippen molar-refractivity contribution >= 4 is 11.9 Å². The zero-order valence-electron chi connectivity index (χ0n) is 11.5. The highest BCUT2D eigenvalue weighted by Crippen LogP contribution is 2.20. The van der Waals surface area contributed by atoms with E-state index in [9.17, 15) is 14.7 Å². The maximum atomic E-state index is 11.0. The van der Waals surface area contributed by atoms with E-state index in [0.29, 0.717) is 0 Å². The lowest BCUT2D eigenvalue weighted by Crippen LogP contribution is -2.42. The molecule has 1 aliphatic rings. The average molecular weight is 288 g/mol. The van der Waals surface area contributed by atoms with E-state index in [-0.39, 0.29) is 19.6 Å². The van der Waals surface area contributed by atoms with Gasteiger partial charge in [0.2, 0.25) is 0 Å². The van der Waals surface area contributed by atoms with E-state index in [1.165, 1.54) is 13.8 Å². The van der Waals surface area contributed by atoms with Crippen LogP contribution in [0.5, 0.6) is 0 Å². The molecule has 7 heteroatoms. The van der Waals surface area contributed by atoms with Gasteiger partial charge in [-0.25, -0.2) is 0 Å². The van der Waals surface area contributed by atoms with Gasteiger partial charge >= 0.3 is 11.9 Å². The minimum atomic E-state index is -0.899. The summed E-state index contributed by atoms with van der Waals surface area (Å²) in [6, 6.07) is 0. The Bertz CT molecular complexity index is 366. The largest absolute Gasteiger partial charge is 0.463 e. The maximum Gasteiger partial charge on any atom is 0.303 e. The molecule has 0 aromatic rings. The molecule has 1 rings (SSSR count). The van der Waals surface area contributed by atoms with Crippen LogP contribution in [0.2, 0.25) is 0 Å². The summed E-state index contributed by atoms with van der Waals surface area (Å²) < 4.78 is 15.5. The van der Waals surface area contributed by atoms with Crippen LogP contribution in [0.1, 0.15) is 20.3 Å². The number of rotatable bonds is 6. The maximum absolute atomic E-state index is 11.0. The number of aliphatic hydroxyl groups excluding tert-OH is 2. The zero-order chi connectivity index (χ0) is 15.1. The lowest BCUT2D eigenvalue weighted by molar-refractivity contribution is -0.164. The summed E-state index contributed by atoms with van der Waals surface area (Å²) in [4.78, 5) is 21.9. The van der Waals surface area contributed by atoms with Crippen molar-refractivity contribution in [3.63, 3.8) is 0 Å². The third kappa shape index (κ3) is 5.68. The molecule has 0 saturated heterocycles. The number of aliphatic hydroxyl groups is 2. The lowest BCUT2D eigenvalue weighted by Gasteiger charge is -2.32. The van der Waals surface area contributed by atoms with E-state index in [1.54, 1.807) is 12.2 Å². The number of hydrogen-bond acceptors (Lipinski definition) is 7. The van der Waals surface area contributed by atoms with E-state index in [0.717, 1.165) is 0 Å². The van der Waals surface area contributed by atoms with Crippen molar-refractivity contribution in [3.05, 3.63) is 12.2 Å². The topological polar surface area (TPSA) is 102 Å². The third-order valence-corrected chi connectivity index (χ3v) is 2.70. The first-order valence-corrected chi connectivity index (χ1v) is 6.35. The van der Waals surface area contributed by atoms with Crippen molar-refractivity contribution in [2.24, 2.45) is 0 Å². The summed E-state index contributed by atoms with van der Waals surface area (Å²) in [5, 5.41) is 18.2. The molecule has 0 saturated carbocycles. The molecule has 2 N–H and O–H groups in total. The van der Waals surface area contributed by atoms with Crippen molar-refractivity contribution in [2.45, 2.75) is 44.7 Å². The van der Waals surface area contributed by atoms with Crippen molar-refractivity contribution in [1.82, 2.24) is 0 Å². The van der Waals surface area contributed by atoms with E-state index in [1.807, 2.05) is 0 Å². The molecule has 0 aromatic heterocycles. The highest BCUT2D eigenvalue weighted by Gasteiger charge is 2.31. The number of carbonyl (C=O) groups excluding carboxylic acids is 2. The predicted octanol–water partition coefficient (Wildman–Crippen LogP) is -0.452. The van der Waals surface area contributed by atoms with Gasteiger partial charge in [0.05, 0.1) is 18.8 Å². The Hall–Kier alpha value is -1.44. The summed E-state index contributed by atoms with van der Waals surface area (Å²) in [5.41, 5.74) is 0. The fraction of sp³-hybridized carbons (Fsp3) is 0.692. The fourth-order valence-corrected chi connectivity index (χ4v) is 1.82. The van der Waals surface area contributed by atoms with E-state index in [4.69, 9.17) is 19.3 Å². The predicted molar refractivity (Wildman–Crippen MR) is 67.7 cm³/mol. The van der Waals surface area contributed by atoms with Crippen LogP contribution in [0.3, 0.4) is 0 Å². The molecule has 7 nitrogen and oxygen atoms in total. The third-order valence-electron chi connectivity index (χ3n) is 2.70. The molecule has 0 aromatic carbocycles. The quantitative estimate of drug-likeness (QED) is 0.504. The van der Waals surface area contributed by atoms with Gasteiger partial charge < -0.3 is 24.4 Å². The van der Waals surface area contributed by atoms with Crippen LogP contribution in [0.25, 0.3) is 0 Å². The second kappa shape index (κ2) is 7.98. The lowest BCUT2D eigenvalue weighted by atomic mass is 10.0. The molecule has 20 heavy (non-hydrogen) atoms. The second-order valence-corrected chi connectivity index (χ2v) is 4.55. The minimum Gasteiger partial charge on any atom is -0.463 e. The van der Waals surface area contributed by atoms with Crippen LogP contribution >= 0.6 is 0 Å². The SMILES string of the molecule is CC(=O)OC[C@H]1O[C@H](CC(O)CO)C=C[C@@H]1OC(C)=O. The van der Waals surface area contributed by atoms with Gasteiger partial charge in [-0.05, 0) is 6.08 Å². The van der Waals surface area contributed by atoms with Gasteiger partial charge in [0, 0.05) is 20.3 Å². The molecule has 0 bridgehead atoms. The van der Waals surface area contributed by atoms with Crippen LogP contribution in [0, 0.1) is 0 Å². The van der Waals surface area contributed by atoms with Gasteiger partial charge in [-0.3, -0.25) is 9.59 Å². The molecule has 114 valence electrons. The molecule has 1 heterocycles. The molecule has 1 unspecified atom stereocenters. The van der Waals surface area contributed by atoms with E-state index >= 15 is 0 Å². The van der Waals surface area contributed by atoms with Gasteiger partial charge in [0.1, 0.15) is 18.8 Å². The molecule has 0 fully saturated rings. The summed E-state index contributed by atoms with van der Waals surface area (Å²) in [5.74, 6) is -0.929. The summed E-state index contributed by atoms with van der Waals surface area (Å²) in [6.45, 7) is 2.13. The van der Waals surface area contributed by atoms with E-state index < -0.39 is 36.4 Å². The summed E-state index contributed by atoms with van der Waals surface area (Å²) in [6.07, 6.45) is 0.868. The first-order valence-electron chi connectivity index (χ1n) is 6.35. The fourth-order valence-electron chi connectivity index (χ4n) is 1.82. The Morgan fingerprint density at radius 3 is 2.55 bits per heavy atom. The molecule has 0 spiro atoms. The van der Waals surface area contributed by atoms with Crippen molar-refractivity contribution < 1.29 is 34.0 Å². The van der Waals surface area contributed by atoms with Crippen LogP contribution in [0.15, 0.2) is 12.2 Å². The Labute approximate surface area is 117 Å². The average Bonchev–Trinajstić information content (AvgIpc) is 2.37. The number of esters is 2. The molecule has 0 amide bonds. The van der Waals surface area contributed by atoms with Crippen molar-refractivity contribution in [3.8, 4) is 0 Å². The first-order chi connectivity index (χ1) is 9.42.